The maximum absolute atomic E-state index is 13.4. The second kappa shape index (κ2) is 7.96. The van der Waals surface area contributed by atoms with Crippen LogP contribution in [0, 0.1) is 0 Å². The first-order valence-corrected chi connectivity index (χ1v) is 9.98. The van der Waals surface area contributed by atoms with Crippen LogP contribution in [0.15, 0.2) is 94.7 Å². The van der Waals surface area contributed by atoms with Gasteiger partial charge in [0, 0.05) is 16.7 Å². The molecular weight excluding hydrogens is 404 g/mol. The van der Waals surface area contributed by atoms with Crippen LogP contribution in [0.4, 0.5) is 5.69 Å². The molecule has 0 aliphatic carbocycles. The van der Waals surface area contributed by atoms with Gasteiger partial charge in [-0.25, -0.2) is 4.99 Å². The number of amides is 2. The van der Waals surface area contributed by atoms with Gasteiger partial charge in [0.2, 0.25) is 0 Å². The van der Waals surface area contributed by atoms with Gasteiger partial charge in [0.25, 0.3) is 11.8 Å². The lowest BCUT2D eigenvalue weighted by Crippen LogP contribution is -2.30. The third kappa shape index (κ3) is 3.35. The van der Waals surface area contributed by atoms with Crippen LogP contribution in [-0.4, -0.2) is 35.5 Å². The second-order valence-electron chi connectivity index (χ2n) is 7.14. The first-order valence-electron chi connectivity index (χ1n) is 9.98. The van der Waals surface area contributed by atoms with Crippen molar-refractivity contribution in [2.45, 2.75) is 0 Å². The Morgan fingerprint density at radius 1 is 0.938 bits per heavy atom. The largest absolute Gasteiger partial charge is 0.496 e. The zero-order chi connectivity index (χ0) is 22.1. The lowest BCUT2D eigenvalue weighted by Gasteiger charge is -2.13. The average molecular weight is 422 g/mol. The van der Waals surface area contributed by atoms with Crippen LogP contribution in [0.2, 0.25) is 0 Å². The molecule has 5 rings (SSSR count). The standard InChI is InChI=1S/C25H18N4O3/c1-32-21-14-8-5-11-17(21)15-20-25(31)29(23(26-20)16-9-3-2-4-10-16)28-22-18-12-6-7-13-19(18)27-24(22)30/h2-15H,1H3,(H,27,28,30)/b20-15-. The maximum Gasteiger partial charge on any atom is 0.298 e. The highest BCUT2D eigenvalue weighted by Gasteiger charge is 2.35. The number of rotatable bonds is 4. The van der Waals surface area contributed by atoms with E-state index in [2.05, 4.69) is 15.4 Å². The predicted molar refractivity (Wildman–Crippen MR) is 122 cm³/mol. The number of para-hydroxylation sites is 2. The number of hydrogen-bond donors (Lipinski definition) is 1. The molecule has 2 aliphatic rings. The van der Waals surface area contributed by atoms with Crippen molar-refractivity contribution in [3.63, 3.8) is 0 Å². The number of carbonyl (C=O) groups is 2. The molecule has 3 aromatic carbocycles. The van der Waals surface area contributed by atoms with E-state index in [0.717, 1.165) is 0 Å². The van der Waals surface area contributed by atoms with E-state index < -0.39 is 5.91 Å². The van der Waals surface area contributed by atoms with Crippen molar-refractivity contribution in [3.05, 3.63) is 101 Å². The Bertz CT molecular complexity index is 1330. The zero-order valence-corrected chi connectivity index (χ0v) is 17.1. The fourth-order valence-electron chi connectivity index (χ4n) is 3.61. The Morgan fingerprint density at radius 2 is 1.66 bits per heavy atom. The molecule has 0 atom stereocenters. The number of anilines is 1. The number of nitrogens with one attached hydrogen (secondary N) is 1. The van der Waals surface area contributed by atoms with Crippen LogP contribution >= 0.6 is 0 Å². The van der Waals surface area contributed by atoms with E-state index in [4.69, 9.17) is 4.74 Å². The highest BCUT2D eigenvalue weighted by atomic mass is 16.5. The molecule has 0 saturated carbocycles. The molecule has 0 saturated heterocycles. The summed E-state index contributed by atoms with van der Waals surface area (Å²) < 4.78 is 5.39. The van der Waals surface area contributed by atoms with Gasteiger partial charge < -0.3 is 10.1 Å². The summed E-state index contributed by atoms with van der Waals surface area (Å²) in [6, 6.07) is 23.9. The molecule has 0 spiro atoms. The Morgan fingerprint density at radius 3 is 2.47 bits per heavy atom. The molecule has 0 unspecified atom stereocenters. The highest BCUT2D eigenvalue weighted by Crippen LogP contribution is 2.28. The van der Waals surface area contributed by atoms with Crippen LogP contribution in [0.25, 0.3) is 6.08 Å². The van der Waals surface area contributed by atoms with Gasteiger partial charge in [-0.2, -0.15) is 10.1 Å². The van der Waals surface area contributed by atoms with E-state index in [-0.39, 0.29) is 17.3 Å². The minimum absolute atomic E-state index is 0.163. The van der Waals surface area contributed by atoms with Crippen molar-refractivity contribution < 1.29 is 14.3 Å². The molecule has 0 fully saturated rings. The van der Waals surface area contributed by atoms with E-state index in [1.54, 1.807) is 25.3 Å². The number of amidine groups is 1. The number of aliphatic imine (C=N–C) groups is 1. The van der Waals surface area contributed by atoms with Crippen molar-refractivity contribution >= 4 is 35.1 Å². The molecule has 0 aromatic heterocycles. The first-order chi connectivity index (χ1) is 15.7. The molecule has 32 heavy (non-hydrogen) atoms. The van der Waals surface area contributed by atoms with Crippen LogP contribution in [0.5, 0.6) is 5.75 Å². The van der Waals surface area contributed by atoms with Crippen LogP contribution in [0.3, 0.4) is 0 Å². The number of benzene rings is 3. The van der Waals surface area contributed by atoms with Crippen molar-refractivity contribution in [1.29, 1.82) is 0 Å². The Hall–Kier alpha value is -4.52. The molecule has 1 N–H and O–H groups in total. The van der Waals surface area contributed by atoms with Gasteiger partial charge in [-0.05, 0) is 18.2 Å². The quantitative estimate of drug-likeness (QED) is 0.651. The third-order valence-corrected chi connectivity index (χ3v) is 5.15. The second-order valence-corrected chi connectivity index (χ2v) is 7.14. The van der Waals surface area contributed by atoms with Gasteiger partial charge in [0.15, 0.2) is 11.5 Å². The molecule has 156 valence electrons. The molecule has 3 aromatic rings. The summed E-state index contributed by atoms with van der Waals surface area (Å²) in [5, 5.41) is 8.42. The summed E-state index contributed by atoms with van der Waals surface area (Å²) in [6.07, 6.45) is 1.66. The number of hydrogen-bond acceptors (Lipinski definition) is 5. The zero-order valence-electron chi connectivity index (χ0n) is 17.1. The average Bonchev–Trinajstić information content (AvgIpc) is 3.31. The third-order valence-electron chi connectivity index (χ3n) is 5.15. The topological polar surface area (TPSA) is 83.4 Å². The van der Waals surface area contributed by atoms with Crippen LogP contribution in [-0.2, 0) is 9.59 Å². The number of carbonyl (C=O) groups excluding carboxylic acids is 2. The smallest absolute Gasteiger partial charge is 0.298 e. The normalized spacial score (nSPS) is 17.5. The summed E-state index contributed by atoms with van der Waals surface area (Å²) >= 11 is 0. The van der Waals surface area contributed by atoms with E-state index in [9.17, 15) is 9.59 Å². The van der Waals surface area contributed by atoms with Gasteiger partial charge >= 0.3 is 0 Å². The molecule has 2 heterocycles. The number of hydrazone groups is 1. The fourth-order valence-corrected chi connectivity index (χ4v) is 3.61. The monoisotopic (exact) mass is 422 g/mol. The Balaban J connectivity index is 1.62. The molecule has 7 heteroatoms. The molecule has 2 amide bonds. The number of nitrogens with zero attached hydrogens (tertiary/aromatic N) is 3. The number of fused-ring (bicyclic) bond motifs is 1. The molecular formula is C25H18N4O3. The van der Waals surface area contributed by atoms with E-state index >= 15 is 0 Å². The van der Waals surface area contributed by atoms with Crippen molar-refractivity contribution in [1.82, 2.24) is 5.01 Å². The summed E-state index contributed by atoms with van der Waals surface area (Å²) in [7, 11) is 1.57. The number of ether oxygens (including phenoxy) is 1. The van der Waals surface area contributed by atoms with Crippen molar-refractivity contribution in [2.75, 3.05) is 12.4 Å². The minimum Gasteiger partial charge on any atom is -0.496 e. The predicted octanol–water partition coefficient (Wildman–Crippen LogP) is 3.68. The van der Waals surface area contributed by atoms with Crippen LogP contribution < -0.4 is 10.1 Å². The van der Waals surface area contributed by atoms with Crippen LogP contribution in [0.1, 0.15) is 16.7 Å². The molecule has 2 aliphatic heterocycles. The number of methoxy groups -OCH3 is 1. The molecule has 0 bridgehead atoms. The lowest BCUT2D eigenvalue weighted by molar-refractivity contribution is -0.122. The van der Waals surface area contributed by atoms with Gasteiger partial charge in [-0.1, -0.05) is 66.7 Å². The van der Waals surface area contributed by atoms with Gasteiger partial charge in [0.1, 0.15) is 11.4 Å². The Labute approximate surface area is 184 Å². The van der Waals surface area contributed by atoms with Gasteiger partial charge in [-0.15, -0.1) is 0 Å². The molecule has 0 radical (unpaired) electrons. The fraction of sp³-hybridized carbons (Fsp3) is 0.0400. The summed E-state index contributed by atoms with van der Waals surface area (Å²) in [5.41, 5.74) is 3.08. The van der Waals surface area contributed by atoms with E-state index in [0.29, 0.717) is 34.0 Å². The first kappa shape index (κ1) is 19.4. The van der Waals surface area contributed by atoms with Crippen molar-refractivity contribution in [2.24, 2.45) is 10.1 Å². The summed E-state index contributed by atoms with van der Waals surface area (Å²) in [5.74, 6) is 0.174. The Kier molecular flexibility index (Phi) is 4.84. The van der Waals surface area contributed by atoms with Crippen molar-refractivity contribution in [3.8, 4) is 5.75 Å². The summed E-state index contributed by atoms with van der Waals surface area (Å²) in [4.78, 5) is 30.5. The minimum atomic E-state index is -0.431. The summed E-state index contributed by atoms with van der Waals surface area (Å²) in [6.45, 7) is 0. The van der Waals surface area contributed by atoms with E-state index in [1.807, 2.05) is 66.7 Å². The molecule has 7 nitrogen and oxygen atoms in total. The highest BCUT2D eigenvalue weighted by molar-refractivity contribution is 6.54. The van der Waals surface area contributed by atoms with Gasteiger partial charge in [-0.3, -0.25) is 9.59 Å². The van der Waals surface area contributed by atoms with E-state index in [1.165, 1.54) is 5.01 Å². The SMILES string of the molecule is COc1ccccc1/C=C1\N=C(c2ccccc2)N(/N=C2\C(=O)Nc3ccccc32)C1=O. The van der Waals surface area contributed by atoms with Gasteiger partial charge in [0.05, 0.1) is 12.8 Å². The maximum atomic E-state index is 13.4. The lowest BCUT2D eigenvalue weighted by atomic mass is 10.1.